The number of nitrogens with two attached hydrogens (primary N) is 1. The lowest BCUT2D eigenvalue weighted by Gasteiger charge is -2.06. The maximum absolute atomic E-state index is 12.1. The predicted octanol–water partition coefficient (Wildman–Crippen LogP) is 1.90. The summed E-state index contributed by atoms with van der Waals surface area (Å²) in [4.78, 5) is 20.3. The third-order valence-corrected chi connectivity index (χ3v) is 4.27. The Bertz CT molecular complexity index is 762. The van der Waals surface area contributed by atoms with E-state index >= 15 is 0 Å². The van der Waals surface area contributed by atoms with Crippen LogP contribution in [0.4, 0.5) is 0 Å². The molecule has 3 aromatic rings. The van der Waals surface area contributed by atoms with Crippen LogP contribution in [-0.4, -0.2) is 29.0 Å². The number of pyridine rings is 1. The minimum absolute atomic E-state index is 0.0511. The molecule has 0 aliphatic carbocycles. The topological polar surface area (TPSA) is 83.8 Å². The van der Waals surface area contributed by atoms with Crippen LogP contribution >= 0.6 is 11.3 Å². The zero-order chi connectivity index (χ0) is 14.7. The number of fused-ring (bicyclic) bond motifs is 1. The molecular formula is C15H16N4OS. The lowest BCUT2D eigenvalue weighted by molar-refractivity contribution is 0.0958. The van der Waals surface area contributed by atoms with Crippen molar-refractivity contribution in [1.82, 2.24) is 15.3 Å². The molecular weight excluding hydrogens is 284 g/mol. The van der Waals surface area contributed by atoms with Crippen molar-refractivity contribution >= 4 is 28.3 Å². The molecule has 21 heavy (non-hydrogen) atoms. The Morgan fingerprint density at radius 3 is 3.10 bits per heavy atom. The minimum Gasteiger partial charge on any atom is -0.350 e. The molecule has 0 spiro atoms. The smallest absolute Gasteiger partial charge is 0.261 e. The summed E-state index contributed by atoms with van der Waals surface area (Å²) >= 11 is 1.46. The second-order valence-corrected chi connectivity index (χ2v) is 5.62. The van der Waals surface area contributed by atoms with E-state index in [0.717, 1.165) is 27.0 Å². The van der Waals surface area contributed by atoms with Gasteiger partial charge in [0.1, 0.15) is 5.65 Å². The number of hydrogen-bond donors (Lipinski definition) is 3. The molecule has 0 saturated heterocycles. The number of aromatic amines is 1. The number of nitrogens with zero attached hydrogens (tertiary/aromatic N) is 1. The third-order valence-electron chi connectivity index (χ3n) is 3.31. The fraction of sp³-hybridized carbons (Fsp3) is 0.200. The molecule has 0 radical (unpaired) electrons. The molecule has 108 valence electrons. The number of carbonyl (C=O) groups excluding carboxylic acids is 1. The van der Waals surface area contributed by atoms with E-state index < -0.39 is 0 Å². The number of H-pyrrole nitrogens is 1. The van der Waals surface area contributed by atoms with Crippen molar-refractivity contribution in [3.63, 3.8) is 0 Å². The van der Waals surface area contributed by atoms with Gasteiger partial charge in [-0.25, -0.2) is 4.98 Å². The van der Waals surface area contributed by atoms with Crippen molar-refractivity contribution in [2.75, 3.05) is 13.1 Å². The van der Waals surface area contributed by atoms with E-state index in [0.29, 0.717) is 19.5 Å². The first-order chi connectivity index (χ1) is 10.3. The van der Waals surface area contributed by atoms with Gasteiger partial charge in [0.15, 0.2) is 0 Å². The number of hydrogen-bond acceptors (Lipinski definition) is 4. The van der Waals surface area contributed by atoms with E-state index in [9.17, 15) is 4.79 Å². The van der Waals surface area contributed by atoms with Gasteiger partial charge >= 0.3 is 0 Å². The first-order valence-electron chi connectivity index (χ1n) is 6.75. The molecule has 4 N–H and O–H groups in total. The van der Waals surface area contributed by atoms with Gasteiger partial charge < -0.3 is 16.0 Å². The summed E-state index contributed by atoms with van der Waals surface area (Å²) < 4.78 is 0. The summed E-state index contributed by atoms with van der Waals surface area (Å²) in [5, 5.41) is 5.86. The van der Waals surface area contributed by atoms with Crippen molar-refractivity contribution in [2.45, 2.75) is 6.42 Å². The van der Waals surface area contributed by atoms with Gasteiger partial charge in [0.05, 0.1) is 4.88 Å². The predicted molar refractivity (Wildman–Crippen MR) is 84.6 cm³/mol. The van der Waals surface area contributed by atoms with Crippen molar-refractivity contribution < 1.29 is 4.79 Å². The molecule has 0 saturated carbocycles. The van der Waals surface area contributed by atoms with E-state index in [1.54, 1.807) is 6.20 Å². The van der Waals surface area contributed by atoms with Crippen molar-refractivity contribution in [3.05, 3.63) is 52.0 Å². The highest BCUT2D eigenvalue weighted by Gasteiger charge is 2.14. The van der Waals surface area contributed by atoms with Crippen LogP contribution in [0.5, 0.6) is 0 Å². The Morgan fingerprint density at radius 2 is 2.24 bits per heavy atom. The molecule has 0 aromatic carbocycles. The van der Waals surface area contributed by atoms with Crippen LogP contribution in [0.25, 0.3) is 11.0 Å². The largest absolute Gasteiger partial charge is 0.350 e. The highest BCUT2D eigenvalue weighted by Crippen LogP contribution is 2.23. The van der Waals surface area contributed by atoms with Gasteiger partial charge in [-0.15, -0.1) is 11.3 Å². The highest BCUT2D eigenvalue weighted by atomic mass is 32.1. The maximum Gasteiger partial charge on any atom is 0.261 e. The molecule has 6 heteroatoms. The average molecular weight is 300 g/mol. The van der Waals surface area contributed by atoms with E-state index in [2.05, 4.69) is 15.3 Å². The average Bonchev–Trinajstić information content (AvgIpc) is 3.14. The second kappa shape index (κ2) is 6.07. The Morgan fingerprint density at radius 1 is 1.33 bits per heavy atom. The first kappa shape index (κ1) is 13.8. The molecule has 3 aromatic heterocycles. The fourth-order valence-electron chi connectivity index (χ4n) is 2.32. The summed E-state index contributed by atoms with van der Waals surface area (Å²) in [7, 11) is 0. The monoisotopic (exact) mass is 300 g/mol. The van der Waals surface area contributed by atoms with E-state index in [4.69, 9.17) is 5.73 Å². The molecule has 0 fully saturated rings. The summed E-state index contributed by atoms with van der Waals surface area (Å²) in [6.45, 7) is 0.939. The molecule has 0 unspecified atom stereocenters. The molecule has 0 atom stereocenters. The molecule has 3 rings (SSSR count). The number of thiophene rings is 1. The second-order valence-electron chi connectivity index (χ2n) is 4.71. The Hall–Kier alpha value is -2.18. The Balaban J connectivity index is 1.87. The van der Waals surface area contributed by atoms with Crippen molar-refractivity contribution in [1.29, 1.82) is 0 Å². The summed E-state index contributed by atoms with van der Waals surface area (Å²) in [6.07, 6.45) is 4.38. The molecule has 0 aliphatic rings. The van der Waals surface area contributed by atoms with Crippen molar-refractivity contribution in [2.24, 2.45) is 5.73 Å². The number of nitrogens with one attached hydrogen (secondary N) is 2. The zero-order valence-corrected chi connectivity index (χ0v) is 12.2. The van der Waals surface area contributed by atoms with E-state index in [-0.39, 0.29) is 5.91 Å². The Labute approximate surface area is 126 Å². The van der Waals surface area contributed by atoms with Crippen LogP contribution in [0.3, 0.4) is 0 Å². The number of amides is 1. The standard InChI is InChI=1S/C15H16N4OS/c16-4-7-19-15(20)13-11(3-8-21-13)9-10-1-5-17-14-12(10)2-6-18-14/h1-3,5-6,8H,4,7,9,16H2,(H,17,18)(H,19,20). The van der Waals surface area contributed by atoms with E-state index in [1.807, 2.05) is 29.8 Å². The SMILES string of the molecule is NCCNC(=O)c1sccc1Cc1ccnc2[nH]ccc12. The van der Waals surface area contributed by atoms with Crippen LogP contribution < -0.4 is 11.1 Å². The van der Waals surface area contributed by atoms with Crippen LogP contribution in [0, 0.1) is 0 Å². The lowest BCUT2D eigenvalue weighted by Crippen LogP contribution is -2.29. The maximum atomic E-state index is 12.1. The number of rotatable bonds is 5. The fourth-order valence-corrected chi connectivity index (χ4v) is 3.16. The van der Waals surface area contributed by atoms with Gasteiger partial charge in [0.2, 0.25) is 0 Å². The molecule has 5 nitrogen and oxygen atoms in total. The van der Waals surface area contributed by atoms with Crippen LogP contribution in [0.1, 0.15) is 20.8 Å². The molecule has 1 amide bonds. The highest BCUT2D eigenvalue weighted by molar-refractivity contribution is 7.12. The van der Waals surface area contributed by atoms with Crippen LogP contribution in [-0.2, 0) is 6.42 Å². The number of carbonyl (C=O) groups is 1. The molecule has 3 heterocycles. The van der Waals surface area contributed by atoms with E-state index in [1.165, 1.54) is 11.3 Å². The van der Waals surface area contributed by atoms with Gasteiger partial charge in [-0.2, -0.15) is 0 Å². The van der Waals surface area contributed by atoms with Gasteiger partial charge in [-0.05, 0) is 41.1 Å². The van der Waals surface area contributed by atoms with Gasteiger partial charge in [-0.3, -0.25) is 4.79 Å². The van der Waals surface area contributed by atoms with Gasteiger partial charge in [0.25, 0.3) is 5.91 Å². The summed E-state index contributed by atoms with van der Waals surface area (Å²) in [5.74, 6) is -0.0511. The van der Waals surface area contributed by atoms with Gasteiger partial charge in [0, 0.05) is 30.9 Å². The third kappa shape index (κ3) is 2.81. The zero-order valence-electron chi connectivity index (χ0n) is 11.4. The first-order valence-corrected chi connectivity index (χ1v) is 7.63. The minimum atomic E-state index is -0.0511. The van der Waals surface area contributed by atoms with Gasteiger partial charge in [-0.1, -0.05) is 0 Å². The lowest BCUT2D eigenvalue weighted by atomic mass is 10.0. The summed E-state index contributed by atoms with van der Waals surface area (Å²) in [5.41, 5.74) is 8.48. The normalized spacial score (nSPS) is 10.9. The molecule has 0 aliphatic heterocycles. The quantitative estimate of drug-likeness (QED) is 0.673. The van der Waals surface area contributed by atoms with Crippen LogP contribution in [0.15, 0.2) is 36.0 Å². The van der Waals surface area contributed by atoms with Crippen molar-refractivity contribution in [3.8, 4) is 0 Å². The summed E-state index contributed by atoms with van der Waals surface area (Å²) in [6, 6.07) is 6.01. The Kier molecular flexibility index (Phi) is 3.98. The molecule has 0 bridgehead atoms. The number of aromatic nitrogens is 2. The van der Waals surface area contributed by atoms with Crippen LogP contribution in [0.2, 0.25) is 0 Å².